The topological polar surface area (TPSA) is 107 Å². The third kappa shape index (κ3) is 6.40. The average molecular weight is 385 g/mol. The fourth-order valence-electron chi connectivity index (χ4n) is 3.12. The second-order valence-electron chi connectivity index (χ2n) is 7.69. The summed E-state index contributed by atoms with van der Waals surface area (Å²) < 4.78 is 5.38. The van der Waals surface area contributed by atoms with Gasteiger partial charge in [-0.3, -0.25) is 14.9 Å². The fourth-order valence-corrected chi connectivity index (χ4v) is 3.25. The van der Waals surface area contributed by atoms with E-state index >= 15 is 0 Å². The molecule has 0 atom stereocenters. The summed E-state index contributed by atoms with van der Waals surface area (Å²) in [7, 11) is 0. The molecular weight excluding hydrogens is 360 g/mol. The Kier molecular flexibility index (Phi) is 6.75. The molecule has 144 valence electrons. The van der Waals surface area contributed by atoms with Gasteiger partial charge in [0.2, 0.25) is 11.1 Å². The molecule has 1 saturated carbocycles. The standard InChI is InChI=1S/C17H25ClN4O4/c1-17(2,3)26-14(23)8-11-4-6-12(7-5-11)9-19-15-13(22(24)25)10-20-16(18)21-15/h10-12H,4-9H2,1-3H3,(H,19,20,21). The van der Waals surface area contributed by atoms with Crippen LogP contribution in [0.5, 0.6) is 0 Å². The number of esters is 1. The second kappa shape index (κ2) is 8.62. The number of anilines is 1. The van der Waals surface area contributed by atoms with Crippen LogP contribution in [0, 0.1) is 22.0 Å². The molecule has 0 unspecified atom stereocenters. The summed E-state index contributed by atoms with van der Waals surface area (Å²) in [5, 5.41) is 14.0. The quantitative estimate of drug-likeness (QED) is 0.342. The fraction of sp³-hybridized carbons (Fsp3) is 0.706. The lowest BCUT2D eigenvalue weighted by Crippen LogP contribution is -2.27. The van der Waals surface area contributed by atoms with E-state index in [1.54, 1.807) is 0 Å². The zero-order valence-corrected chi connectivity index (χ0v) is 16.1. The molecule has 1 aliphatic rings. The highest BCUT2D eigenvalue weighted by Crippen LogP contribution is 2.32. The minimum Gasteiger partial charge on any atom is -0.460 e. The van der Waals surface area contributed by atoms with Gasteiger partial charge in [-0.1, -0.05) is 0 Å². The molecule has 0 aromatic carbocycles. The van der Waals surface area contributed by atoms with Crippen LogP contribution in [0.15, 0.2) is 6.20 Å². The van der Waals surface area contributed by atoms with Gasteiger partial charge in [-0.15, -0.1) is 0 Å². The van der Waals surface area contributed by atoms with Gasteiger partial charge in [0.15, 0.2) is 0 Å². The molecule has 0 aliphatic heterocycles. The first-order valence-corrected chi connectivity index (χ1v) is 9.14. The van der Waals surface area contributed by atoms with Crippen molar-refractivity contribution in [2.24, 2.45) is 11.8 Å². The summed E-state index contributed by atoms with van der Waals surface area (Å²) in [6.07, 6.45) is 5.34. The van der Waals surface area contributed by atoms with E-state index in [0.717, 1.165) is 31.9 Å². The molecule has 1 aromatic rings. The van der Waals surface area contributed by atoms with Crippen LogP contribution in [-0.2, 0) is 9.53 Å². The number of nitrogens with one attached hydrogen (secondary N) is 1. The highest BCUT2D eigenvalue weighted by molar-refractivity contribution is 6.28. The lowest BCUT2D eigenvalue weighted by atomic mass is 9.80. The summed E-state index contributed by atoms with van der Waals surface area (Å²) in [4.78, 5) is 30.0. The first-order chi connectivity index (χ1) is 12.1. The summed E-state index contributed by atoms with van der Waals surface area (Å²) >= 11 is 5.73. The van der Waals surface area contributed by atoms with Gasteiger partial charge in [0.1, 0.15) is 11.8 Å². The normalized spacial score (nSPS) is 20.5. The molecule has 1 fully saturated rings. The zero-order chi connectivity index (χ0) is 19.3. The number of carbonyl (C=O) groups is 1. The molecule has 0 spiro atoms. The Morgan fingerprint density at radius 1 is 1.35 bits per heavy atom. The van der Waals surface area contributed by atoms with Crippen LogP contribution in [0.1, 0.15) is 52.9 Å². The third-order valence-electron chi connectivity index (χ3n) is 4.34. The van der Waals surface area contributed by atoms with Gasteiger partial charge in [0, 0.05) is 13.0 Å². The van der Waals surface area contributed by atoms with E-state index in [0.29, 0.717) is 24.8 Å². The predicted octanol–water partition coefficient (Wildman–Crippen LogP) is 3.99. The Morgan fingerprint density at radius 2 is 1.96 bits per heavy atom. The van der Waals surface area contributed by atoms with E-state index in [1.807, 2.05) is 20.8 Å². The Morgan fingerprint density at radius 3 is 2.54 bits per heavy atom. The van der Waals surface area contributed by atoms with Crippen molar-refractivity contribution in [2.45, 2.75) is 58.5 Å². The molecule has 8 nitrogen and oxygen atoms in total. The summed E-state index contributed by atoms with van der Waals surface area (Å²) in [5.41, 5.74) is -0.640. The molecule has 1 aromatic heterocycles. The number of nitro groups is 1. The monoisotopic (exact) mass is 384 g/mol. The number of carbonyl (C=O) groups excluding carboxylic acids is 1. The number of nitrogens with zero attached hydrogens (tertiary/aromatic N) is 3. The smallest absolute Gasteiger partial charge is 0.329 e. The number of aromatic nitrogens is 2. The van der Waals surface area contributed by atoms with Crippen LogP contribution in [0.2, 0.25) is 5.28 Å². The summed E-state index contributed by atoms with van der Waals surface area (Å²) in [6, 6.07) is 0. The van der Waals surface area contributed by atoms with Crippen molar-refractivity contribution >= 4 is 29.1 Å². The van der Waals surface area contributed by atoms with Gasteiger partial charge in [-0.05, 0) is 69.9 Å². The molecule has 1 aliphatic carbocycles. The van der Waals surface area contributed by atoms with Gasteiger partial charge in [0.25, 0.3) is 0 Å². The van der Waals surface area contributed by atoms with Gasteiger partial charge in [-0.25, -0.2) is 4.98 Å². The highest BCUT2D eigenvalue weighted by Gasteiger charge is 2.26. The molecule has 0 bridgehead atoms. The largest absolute Gasteiger partial charge is 0.460 e. The van der Waals surface area contributed by atoms with Crippen molar-refractivity contribution in [1.29, 1.82) is 0 Å². The average Bonchev–Trinajstić information content (AvgIpc) is 2.52. The minimum atomic E-state index is -0.531. The number of hydrogen-bond acceptors (Lipinski definition) is 7. The van der Waals surface area contributed by atoms with Gasteiger partial charge >= 0.3 is 11.7 Å². The Balaban J connectivity index is 1.80. The maximum Gasteiger partial charge on any atom is 0.329 e. The van der Waals surface area contributed by atoms with E-state index in [4.69, 9.17) is 16.3 Å². The first-order valence-electron chi connectivity index (χ1n) is 8.76. The maximum atomic E-state index is 11.9. The molecule has 26 heavy (non-hydrogen) atoms. The van der Waals surface area contributed by atoms with E-state index in [2.05, 4.69) is 15.3 Å². The molecule has 0 amide bonds. The van der Waals surface area contributed by atoms with E-state index in [1.165, 1.54) is 0 Å². The van der Waals surface area contributed by atoms with Gasteiger partial charge in [0.05, 0.1) is 4.92 Å². The van der Waals surface area contributed by atoms with Crippen molar-refractivity contribution in [3.63, 3.8) is 0 Å². The van der Waals surface area contributed by atoms with Gasteiger partial charge in [-0.2, -0.15) is 4.98 Å². The number of rotatable bonds is 6. The maximum absolute atomic E-state index is 11.9. The zero-order valence-electron chi connectivity index (χ0n) is 15.3. The van der Waals surface area contributed by atoms with Crippen LogP contribution in [0.3, 0.4) is 0 Å². The number of halogens is 1. The predicted molar refractivity (Wildman–Crippen MR) is 98.1 cm³/mol. The third-order valence-corrected chi connectivity index (χ3v) is 4.52. The van der Waals surface area contributed by atoms with E-state index in [9.17, 15) is 14.9 Å². The molecule has 0 saturated heterocycles. The highest BCUT2D eigenvalue weighted by atomic mass is 35.5. The van der Waals surface area contributed by atoms with Crippen molar-refractivity contribution in [3.05, 3.63) is 21.6 Å². The Labute approximate surface area is 157 Å². The van der Waals surface area contributed by atoms with Crippen LogP contribution >= 0.6 is 11.6 Å². The van der Waals surface area contributed by atoms with Crippen molar-refractivity contribution < 1.29 is 14.5 Å². The Bertz CT molecular complexity index is 655. The van der Waals surface area contributed by atoms with Crippen molar-refractivity contribution in [1.82, 2.24) is 9.97 Å². The van der Waals surface area contributed by atoms with Crippen molar-refractivity contribution in [2.75, 3.05) is 11.9 Å². The van der Waals surface area contributed by atoms with Crippen LogP contribution in [0.4, 0.5) is 11.5 Å². The molecule has 1 heterocycles. The SMILES string of the molecule is CC(C)(C)OC(=O)CC1CCC(CNc2nc(Cl)ncc2[N+](=O)[O-])CC1. The van der Waals surface area contributed by atoms with Crippen molar-refractivity contribution in [3.8, 4) is 0 Å². The molecule has 9 heteroatoms. The molecule has 1 N–H and O–H groups in total. The minimum absolute atomic E-state index is 0.0285. The summed E-state index contributed by atoms with van der Waals surface area (Å²) in [5.74, 6) is 0.707. The lowest BCUT2D eigenvalue weighted by molar-refractivity contribution is -0.384. The summed E-state index contributed by atoms with van der Waals surface area (Å²) in [6.45, 7) is 6.18. The van der Waals surface area contributed by atoms with Gasteiger partial charge < -0.3 is 10.1 Å². The molecule has 2 rings (SSSR count). The number of hydrogen-bond donors (Lipinski definition) is 1. The number of ether oxygens (including phenoxy) is 1. The van der Waals surface area contributed by atoms with Crippen LogP contribution < -0.4 is 5.32 Å². The second-order valence-corrected chi connectivity index (χ2v) is 8.03. The molecular formula is C17H25ClN4O4. The Hall–Kier alpha value is -1.96. The van der Waals surface area contributed by atoms with Crippen LogP contribution in [-0.4, -0.2) is 33.0 Å². The van der Waals surface area contributed by atoms with Crippen LogP contribution in [0.25, 0.3) is 0 Å². The molecule has 0 radical (unpaired) electrons. The lowest BCUT2D eigenvalue weighted by Gasteiger charge is -2.29. The van der Waals surface area contributed by atoms with E-state index in [-0.39, 0.29) is 22.8 Å². The first kappa shape index (κ1) is 20.4. The van der Waals surface area contributed by atoms with E-state index < -0.39 is 10.5 Å².